The fraction of sp³-hybridized carbons (Fsp3) is 0.136. The number of rotatable bonds is 5. The van der Waals surface area contributed by atoms with Crippen molar-refractivity contribution in [1.29, 1.82) is 0 Å². The Kier molecular flexibility index (Phi) is 4.44. The smallest absolute Gasteiger partial charge is 0.185 e. The molecule has 3 aromatic heterocycles. The Labute approximate surface area is 172 Å². The van der Waals surface area contributed by atoms with Gasteiger partial charge < -0.3 is 4.74 Å². The number of nitrogens with zero attached hydrogens (tertiary/aromatic N) is 7. The molecular formula is C22H19N7O. The number of hydrogen-bond acceptors (Lipinski definition) is 6. The van der Waals surface area contributed by atoms with Gasteiger partial charge in [-0.3, -0.25) is 0 Å². The Morgan fingerprint density at radius 1 is 0.933 bits per heavy atom. The van der Waals surface area contributed by atoms with E-state index in [-0.39, 0.29) is 0 Å². The molecule has 0 radical (unpaired) electrons. The summed E-state index contributed by atoms with van der Waals surface area (Å²) in [6, 6.07) is 17.8. The lowest BCUT2D eigenvalue weighted by molar-refractivity contribution is 0.306. The third-order valence-corrected chi connectivity index (χ3v) is 4.81. The van der Waals surface area contributed by atoms with Gasteiger partial charge in [0.05, 0.1) is 5.69 Å². The standard InChI is InChI=1S/C22H19N7O/c1-15-20-22(28-14-23-13-24-28)26-21(27-29(20)16(2)25-15)18-8-10-19(11-9-18)30-12-17-6-4-3-5-7-17/h3-11,13-14H,12H2,1-2H3. The van der Waals surface area contributed by atoms with Crippen molar-refractivity contribution in [3.8, 4) is 23.0 Å². The van der Waals surface area contributed by atoms with Crippen LogP contribution >= 0.6 is 0 Å². The molecule has 8 heteroatoms. The molecule has 5 aromatic rings. The average molecular weight is 397 g/mol. The Balaban J connectivity index is 1.49. The first-order valence-corrected chi connectivity index (χ1v) is 9.55. The van der Waals surface area contributed by atoms with Gasteiger partial charge in [-0.05, 0) is 43.7 Å². The Morgan fingerprint density at radius 2 is 1.73 bits per heavy atom. The molecule has 8 nitrogen and oxygen atoms in total. The van der Waals surface area contributed by atoms with E-state index in [4.69, 9.17) is 14.8 Å². The van der Waals surface area contributed by atoms with Crippen molar-refractivity contribution in [2.45, 2.75) is 20.5 Å². The lowest BCUT2D eigenvalue weighted by atomic mass is 10.2. The summed E-state index contributed by atoms with van der Waals surface area (Å²) >= 11 is 0. The number of imidazole rings is 1. The molecule has 0 saturated carbocycles. The molecule has 0 aliphatic rings. The van der Waals surface area contributed by atoms with Crippen LogP contribution in [0.2, 0.25) is 0 Å². The highest BCUT2D eigenvalue weighted by Crippen LogP contribution is 2.24. The summed E-state index contributed by atoms with van der Waals surface area (Å²) in [4.78, 5) is 13.3. The number of aryl methyl sites for hydroxylation is 2. The van der Waals surface area contributed by atoms with E-state index in [0.29, 0.717) is 18.2 Å². The monoisotopic (exact) mass is 397 g/mol. The molecule has 0 atom stereocenters. The summed E-state index contributed by atoms with van der Waals surface area (Å²) < 4.78 is 9.31. The molecule has 0 amide bonds. The second kappa shape index (κ2) is 7.40. The first-order valence-electron chi connectivity index (χ1n) is 9.55. The maximum absolute atomic E-state index is 5.88. The van der Waals surface area contributed by atoms with E-state index >= 15 is 0 Å². The largest absolute Gasteiger partial charge is 0.489 e. The SMILES string of the molecule is Cc1nc(C)n2nc(-c3ccc(OCc4ccccc4)cc3)nc(-n3cncn3)c12. The van der Waals surface area contributed by atoms with Crippen LogP contribution in [0.1, 0.15) is 17.1 Å². The van der Waals surface area contributed by atoms with Gasteiger partial charge in [-0.1, -0.05) is 30.3 Å². The first kappa shape index (κ1) is 18.0. The third kappa shape index (κ3) is 3.28. The van der Waals surface area contributed by atoms with Crippen molar-refractivity contribution in [3.05, 3.63) is 84.3 Å². The minimum Gasteiger partial charge on any atom is -0.489 e. The van der Waals surface area contributed by atoms with E-state index in [1.807, 2.05) is 68.4 Å². The van der Waals surface area contributed by atoms with E-state index in [9.17, 15) is 0 Å². The quantitative estimate of drug-likeness (QED) is 0.451. The minimum atomic E-state index is 0.520. The molecule has 3 heterocycles. The number of ether oxygens (including phenoxy) is 1. The minimum absolute atomic E-state index is 0.520. The van der Waals surface area contributed by atoms with Gasteiger partial charge in [-0.2, -0.15) is 5.10 Å². The second-order valence-corrected chi connectivity index (χ2v) is 6.90. The van der Waals surface area contributed by atoms with Crippen LogP contribution in [-0.4, -0.2) is 34.3 Å². The lowest BCUT2D eigenvalue weighted by Crippen LogP contribution is -2.08. The van der Waals surface area contributed by atoms with Crippen LogP contribution in [-0.2, 0) is 6.61 Å². The van der Waals surface area contributed by atoms with Crippen molar-refractivity contribution in [1.82, 2.24) is 34.3 Å². The highest BCUT2D eigenvalue weighted by molar-refractivity contribution is 5.67. The van der Waals surface area contributed by atoms with Crippen molar-refractivity contribution in [2.75, 3.05) is 0 Å². The van der Waals surface area contributed by atoms with Crippen LogP contribution in [0.3, 0.4) is 0 Å². The second-order valence-electron chi connectivity index (χ2n) is 6.90. The molecule has 5 rings (SSSR count). The molecular weight excluding hydrogens is 378 g/mol. The predicted octanol–water partition coefficient (Wildman–Crippen LogP) is 3.57. The van der Waals surface area contributed by atoms with Gasteiger partial charge >= 0.3 is 0 Å². The molecule has 0 N–H and O–H groups in total. The predicted molar refractivity (Wildman–Crippen MR) is 111 cm³/mol. The van der Waals surface area contributed by atoms with Crippen LogP contribution < -0.4 is 4.74 Å². The van der Waals surface area contributed by atoms with Gasteiger partial charge in [0.1, 0.15) is 36.4 Å². The highest BCUT2D eigenvalue weighted by atomic mass is 16.5. The first-order chi connectivity index (χ1) is 14.7. The zero-order valence-corrected chi connectivity index (χ0v) is 16.6. The molecule has 2 aromatic carbocycles. The van der Waals surface area contributed by atoms with Crippen molar-refractivity contribution in [3.63, 3.8) is 0 Å². The van der Waals surface area contributed by atoms with Crippen LogP contribution in [0.15, 0.2) is 67.3 Å². The van der Waals surface area contributed by atoms with Gasteiger partial charge in [0.2, 0.25) is 0 Å². The van der Waals surface area contributed by atoms with Gasteiger partial charge in [-0.25, -0.2) is 24.1 Å². The van der Waals surface area contributed by atoms with Gasteiger partial charge in [0, 0.05) is 5.56 Å². The summed E-state index contributed by atoms with van der Waals surface area (Å²) in [7, 11) is 0. The van der Waals surface area contributed by atoms with Gasteiger partial charge in [0.25, 0.3) is 0 Å². The van der Waals surface area contributed by atoms with Gasteiger partial charge in [0.15, 0.2) is 11.6 Å². The van der Waals surface area contributed by atoms with Crippen molar-refractivity contribution < 1.29 is 4.74 Å². The van der Waals surface area contributed by atoms with E-state index in [0.717, 1.165) is 33.9 Å². The van der Waals surface area contributed by atoms with E-state index in [1.54, 1.807) is 15.5 Å². The topological polar surface area (TPSA) is 83.0 Å². The molecule has 0 aliphatic heterocycles. The van der Waals surface area contributed by atoms with Crippen molar-refractivity contribution in [2.24, 2.45) is 0 Å². The number of aromatic nitrogens is 7. The van der Waals surface area contributed by atoms with E-state index in [2.05, 4.69) is 15.1 Å². The maximum Gasteiger partial charge on any atom is 0.185 e. The molecule has 30 heavy (non-hydrogen) atoms. The van der Waals surface area contributed by atoms with Crippen LogP contribution in [0, 0.1) is 13.8 Å². The molecule has 0 spiro atoms. The molecule has 0 bridgehead atoms. The van der Waals surface area contributed by atoms with Crippen LogP contribution in [0.25, 0.3) is 22.7 Å². The van der Waals surface area contributed by atoms with E-state index < -0.39 is 0 Å². The van der Waals surface area contributed by atoms with Crippen LogP contribution in [0.5, 0.6) is 5.75 Å². The molecule has 0 fully saturated rings. The zero-order valence-electron chi connectivity index (χ0n) is 16.6. The number of fused-ring (bicyclic) bond motifs is 1. The third-order valence-electron chi connectivity index (χ3n) is 4.81. The molecule has 0 saturated heterocycles. The molecule has 0 aliphatic carbocycles. The maximum atomic E-state index is 5.88. The summed E-state index contributed by atoms with van der Waals surface area (Å²) in [5.74, 6) is 2.79. The lowest BCUT2D eigenvalue weighted by Gasteiger charge is -2.09. The summed E-state index contributed by atoms with van der Waals surface area (Å²) in [5, 5.41) is 8.94. The normalized spacial score (nSPS) is 11.1. The summed E-state index contributed by atoms with van der Waals surface area (Å²) in [6.45, 7) is 4.37. The summed E-state index contributed by atoms with van der Waals surface area (Å²) in [5.41, 5.74) is 3.65. The fourth-order valence-corrected chi connectivity index (χ4v) is 3.35. The Morgan fingerprint density at radius 3 is 2.47 bits per heavy atom. The molecule has 148 valence electrons. The average Bonchev–Trinajstić information content (AvgIpc) is 3.41. The Bertz CT molecular complexity index is 1290. The fourth-order valence-electron chi connectivity index (χ4n) is 3.35. The summed E-state index contributed by atoms with van der Waals surface area (Å²) in [6.07, 6.45) is 3.10. The number of hydrogen-bond donors (Lipinski definition) is 0. The molecule has 0 unspecified atom stereocenters. The van der Waals surface area contributed by atoms with Crippen LogP contribution in [0.4, 0.5) is 0 Å². The van der Waals surface area contributed by atoms with E-state index in [1.165, 1.54) is 6.33 Å². The Hall–Kier alpha value is -4.07. The number of benzene rings is 2. The van der Waals surface area contributed by atoms with Gasteiger partial charge in [-0.15, -0.1) is 5.10 Å². The zero-order chi connectivity index (χ0) is 20.5. The highest BCUT2D eigenvalue weighted by Gasteiger charge is 2.17. The van der Waals surface area contributed by atoms with Crippen molar-refractivity contribution >= 4 is 5.52 Å².